The first-order chi connectivity index (χ1) is 6.84. The van der Waals surface area contributed by atoms with Gasteiger partial charge in [-0.3, -0.25) is 9.97 Å². The van der Waals surface area contributed by atoms with Crippen LogP contribution in [0.3, 0.4) is 0 Å². The number of halogens is 1. The average Bonchev–Trinajstić information content (AvgIpc) is 2.19. The van der Waals surface area contributed by atoms with Gasteiger partial charge in [0.15, 0.2) is 5.82 Å². The monoisotopic (exact) mass is 206 g/mol. The van der Waals surface area contributed by atoms with Gasteiger partial charge in [0.2, 0.25) is 0 Å². The Morgan fingerprint density at radius 1 is 1.14 bits per heavy atom. The summed E-state index contributed by atoms with van der Waals surface area (Å²) in [6.07, 6.45) is 6.48. The van der Waals surface area contributed by atoms with E-state index in [4.69, 9.17) is 11.6 Å². The predicted octanol–water partition coefficient (Wildman–Crippen LogP) is 2.27. The standard InChI is InChI=1S/C9H7ClN4/c10-8-5-12-6-9(14-8)13-7-2-1-3-11-4-7/h1-6H,(H,13,14). The van der Waals surface area contributed by atoms with E-state index in [0.29, 0.717) is 11.0 Å². The molecule has 0 amide bonds. The van der Waals surface area contributed by atoms with Gasteiger partial charge in [-0.1, -0.05) is 11.6 Å². The van der Waals surface area contributed by atoms with E-state index < -0.39 is 0 Å². The van der Waals surface area contributed by atoms with Crippen molar-refractivity contribution in [3.63, 3.8) is 0 Å². The van der Waals surface area contributed by atoms with Crippen LogP contribution in [0.25, 0.3) is 0 Å². The quantitative estimate of drug-likeness (QED) is 0.819. The summed E-state index contributed by atoms with van der Waals surface area (Å²) in [5, 5.41) is 3.38. The molecule has 0 aliphatic carbocycles. The fourth-order valence-corrected chi connectivity index (χ4v) is 1.13. The number of nitrogens with one attached hydrogen (secondary N) is 1. The summed E-state index contributed by atoms with van der Waals surface area (Å²) in [5.74, 6) is 0.602. The van der Waals surface area contributed by atoms with Crippen LogP contribution in [0.2, 0.25) is 5.15 Å². The highest BCUT2D eigenvalue weighted by Crippen LogP contribution is 2.13. The maximum Gasteiger partial charge on any atom is 0.150 e. The lowest BCUT2D eigenvalue weighted by Gasteiger charge is -2.03. The highest BCUT2D eigenvalue weighted by Gasteiger charge is 1.96. The molecule has 2 heterocycles. The van der Waals surface area contributed by atoms with Crippen molar-refractivity contribution in [2.45, 2.75) is 0 Å². The van der Waals surface area contributed by atoms with Crippen LogP contribution in [0.15, 0.2) is 36.9 Å². The van der Waals surface area contributed by atoms with Crippen molar-refractivity contribution in [3.05, 3.63) is 42.1 Å². The summed E-state index contributed by atoms with van der Waals surface area (Å²) < 4.78 is 0. The topological polar surface area (TPSA) is 50.7 Å². The average molecular weight is 207 g/mol. The summed E-state index contributed by atoms with van der Waals surface area (Å²) in [7, 11) is 0. The third-order valence-corrected chi connectivity index (χ3v) is 1.72. The molecule has 0 saturated carbocycles. The minimum atomic E-state index is 0.360. The van der Waals surface area contributed by atoms with Gasteiger partial charge in [0.25, 0.3) is 0 Å². The molecule has 0 fully saturated rings. The lowest BCUT2D eigenvalue weighted by atomic mass is 10.4. The fourth-order valence-electron chi connectivity index (χ4n) is 0.987. The fraction of sp³-hybridized carbons (Fsp3) is 0. The molecule has 0 spiro atoms. The molecule has 2 aromatic heterocycles. The van der Waals surface area contributed by atoms with Crippen LogP contribution in [-0.4, -0.2) is 15.0 Å². The highest BCUT2D eigenvalue weighted by molar-refractivity contribution is 6.29. The second-order valence-electron chi connectivity index (χ2n) is 2.59. The molecule has 2 aromatic rings. The van der Waals surface area contributed by atoms with Gasteiger partial charge in [0.05, 0.1) is 24.3 Å². The zero-order chi connectivity index (χ0) is 9.80. The molecule has 0 aliphatic heterocycles. The zero-order valence-electron chi connectivity index (χ0n) is 7.18. The molecule has 0 bridgehead atoms. The largest absolute Gasteiger partial charge is 0.338 e. The molecule has 0 saturated heterocycles. The van der Waals surface area contributed by atoms with E-state index in [0.717, 1.165) is 5.69 Å². The lowest BCUT2D eigenvalue weighted by Crippen LogP contribution is -1.94. The van der Waals surface area contributed by atoms with Crippen LogP contribution >= 0.6 is 11.6 Å². The van der Waals surface area contributed by atoms with Gasteiger partial charge >= 0.3 is 0 Å². The summed E-state index contributed by atoms with van der Waals surface area (Å²) in [6.45, 7) is 0. The van der Waals surface area contributed by atoms with Crippen molar-refractivity contribution < 1.29 is 0 Å². The maximum absolute atomic E-state index is 5.68. The van der Waals surface area contributed by atoms with E-state index in [1.165, 1.54) is 6.20 Å². The van der Waals surface area contributed by atoms with E-state index >= 15 is 0 Å². The minimum Gasteiger partial charge on any atom is -0.338 e. The van der Waals surface area contributed by atoms with E-state index in [-0.39, 0.29) is 0 Å². The van der Waals surface area contributed by atoms with Crippen LogP contribution in [0, 0.1) is 0 Å². The molecule has 0 radical (unpaired) electrons. The number of rotatable bonds is 2. The van der Waals surface area contributed by atoms with Gasteiger partial charge in [0.1, 0.15) is 5.15 Å². The lowest BCUT2D eigenvalue weighted by molar-refractivity contribution is 1.19. The van der Waals surface area contributed by atoms with Crippen molar-refractivity contribution >= 4 is 23.1 Å². The molecule has 70 valence electrons. The molecular weight excluding hydrogens is 200 g/mol. The Labute approximate surface area is 86.0 Å². The van der Waals surface area contributed by atoms with E-state index in [1.54, 1.807) is 18.6 Å². The number of hydrogen-bond donors (Lipinski definition) is 1. The Morgan fingerprint density at radius 2 is 2.07 bits per heavy atom. The van der Waals surface area contributed by atoms with Crippen LogP contribution in [-0.2, 0) is 0 Å². The van der Waals surface area contributed by atoms with Gasteiger partial charge in [-0.05, 0) is 12.1 Å². The third-order valence-electron chi connectivity index (χ3n) is 1.54. The van der Waals surface area contributed by atoms with E-state index in [2.05, 4.69) is 20.3 Å². The van der Waals surface area contributed by atoms with Crippen molar-refractivity contribution in [3.8, 4) is 0 Å². The van der Waals surface area contributed by atoms with Crippen molar-refractivity contribution in [2.24, 2.45) is 0 Å². The molecule has 0 unspecified atom stereocenters. The van der Waals surface area contributed by atoms with Gasteiger partial charge < -0.3 is 5.32 Å². The van der Waals surface area contributed by atoms with Gasteiger partial charge in [-0.15, -0.1) is 0 Å². The second kappa shape index (κ2) is 4.02. The van der Waals surface area contributed by atoms with Crippen molar-refractivity contribution in [1.82, 2.24) is 15.0 Å². The number of anilines is 2. The van der Waals surface area contributed by atoms with Gasteiger partial charge in [0, 0.05) is 6.20 Å². The molecule has 1 N–H and O–H groups in total. The Kier molecular flexibility index (Phi) is 2.55. The highest BCUT2D eigenvalue weighted by atomic mass is 35.5. The Morgan fingerprint density at radius 3 is 2.79 bits per heavy atom. The molecule has 2 rings (SSSR count). The van der Waals surface area contributed by atoms with Gasteiger partial charge in [-0.2, -0.15) is 0 Å². The summed E-state index contributed by atoms with van der Waals surface area (Å²) in [4.78, 5) is 11.9. The smallest absolute Gasteiger partial charge is 0.150 e. The number of nitrogens with zero attached hydrogens (tertiary/aromatic N) is 3. The molecule has 14 heavy (non-hydrogen) atoms. The Bertz CT molecular complexity index is 418. The summed E-state index contributed by atoms with van der Waals surface area (Å²) in [6, 6.07) is 3.72. The first-order valence-corrected chi connectivity index (χ1v) is 4.37. The molecule has 5 heteroatoms. The van der Waals surface area contributed by atoms with Crippen LogP contribution in [0.4, 0.5) is 11.5 Å². The normalized spacial score (nSPS) is 9.79. The number of aromatic nitrogens is 3. The first-order valence-electron chi connectivity index (χ1n) is 3.99. The van der Waals surface area contributed by atoms with E-state index in [1.807, 2.05) is 12.1 Å². The first kappa shape index (κ1) is 8.90. The number of pyridine rings is 1. The summed E-state index contributed by atoms with van der Waals surface area (Å²) in [5.41, 5.74) is 0.851. The SMILES string of the molecule is Clc1cncc(Nc2cccnc2)n1. The molecule has 0 aromatic carbocycles. The molecular formula is C9H7ClN4. The molecule has 0 atom stereocenters. The van der Waals surface area contributed by atoms with Crippen LogP contribution in [0.1, 0.15) is 0 Å². The Hall–Kier alpha value is -1.68. The Balaban J connectivity index is 2.19. The zero-order valence-corrected chi connectivity index (χ0v) is 7.94. The second-order valence-corrected chi connectivity index (χ2v) is 2.98. The van der Waals surface area contributed by atoms with Crippen LogP contribution in [0.5, 0.6) is 0 Å². The summed E-state index contributed by atoms with van der Waals surface area (Å²) >= 11 is 5.68. The molecule has 0 aliphatic rings. The van der Waals surface area contributed by atoms with Crippen molar-refractivity contribution in [1.29, 1.82) is 0 Å². The van der Waals surface area contributed by atoms with Crippen molar-refractivity contribution in [2.75, 3.05) is 5.32 Å². The van der Waals surface area contributed by atoms with Crippen LogP contribution < -0.4 is 5.32 Å². The van der Waals surface area contributed by atoms with E-state index in [9.17, 15) is 0 Å². The van der Waals surface area contributed by atoms with Gasteiger partial charge in [-0.25, -0.2) is 4.98 Å². The minimum absolute atomic E-state index is 0.360. The predicted molar refractivity (Wildman–Crippen MR) is 54.6 cm³/mol. The number of hydrogen-bond acceptors (Lipinski definition) is 4. The molecule has 4 nitrogen and oxygen atoms in total. The maximum atomic E-state index is 5.68. The third kappa shape index (κ3) is 2.17.